The zero-order chi connectivity index (χ0) is 21.3. The highest BCUT2D eigenvalue weighted by molar-refractivity contribution is 5.95. The summed E-state index contributed by atoms with van der Waals surface area (Å²) in [5, 5.41) is 5.80. The monoisotopic (exact) mass is 396 g/mol. The van der Waals surface area contributed by atoms with E-state index in [-0.39, 0.29) is 17.2 Å². The summed E-state index contributed by atoms with van der Waals surface area (Å²) in [6, 6.07) is 15.0. The van der Waals surface area contributed by atoms with Gasteiger partial charge in [0.15, 0.2) is 0 Å². The van der Waals surface area contributed by atoms with Gasteiger partial charge in [-0.1, -0.05) is 45.0 Å². The van der Waals surface area contributed by atoms with Crippen molar-refractivity contribution in [3.63, 3.8) is 0 Å². The van der Waals surface area contributed by atoms with Crippen molar-refractivity contribution < 1.29 is 14.3 Å². The molecule has 5 nitrogen and oxygen atoms in total. The van der Waals surface area contributed by atoms with Crippen LogP contribution in [0.1, 0.15) is 66.0 Å². The molecule has 2 rings (SSSR count). The van der Waals surface area contributed by atoms with Gasteiger partial charge >= 0.3 is 0 Å². The lowest BCUT2D eigenvalue weighted by atomic mass is 9.87. The van der Waals surface area contributed by atoms with Crippen LogP contribution in [0.2, 0.25) is 0 Å². The van der Waals surface area contributed by atoms with E-state index in [0.29, 0.717) is 37.4 Å². The maximum Gasteiger partial charge on any atom is 0.251 e. The minimum Gasteiger partial charge on any atom is -0.382 e. The van der Waals surface area contributed by atoms with Crippen molar-refractivity contribution in [2.24, 2.45) is 0 Å². The Kier molecular flexibility index (Phi) is 8.40. The molecule has 0 aromatic heterocycles. The van der Waals surface area contributed by atoms with Gasteiger partial charge in [0.25, 0.3) is 11.8 Å². The van der Waals surface area contributed by atoms with Gasteiger partial charge in [0, 0.05) is 37.4 Å². The Bertz CT molecular complexity index is 790. The minimum atomic E-state index is -0.110. The van der Waals surface area contributed by atoms with Gasteiger partial charge in [-0.3, -0.25) is 9.59 Å². The van der Waals surface area contributed by atoms with Crippen molar-refractivity contribution in [1.29, 1.82) is 0 Å². The van der Waals surface area contributed by atoms with Crippen molar-refractivity contribution in [1.82, 2.24) is 10.6 Å². The largest absolute Gasteiger partial charge is 0.382 e. The fraction of sp³-hybridized carbons (Fsp3) is 0.417. The van der Waals surface area contributed by atoms with Crippen LogP contribution < -0.4 is 10.6 Å². The second-order valence-electron chi connectivity index (χ2n) is 8.01. The third kappa shape index (κ3) is 7.35. The van der Waals surface area contributed by atoms with E-state index >= 15 is 0 Å². The molecule has 2 amide bonds. The van der Waals surface area contributed by atoms with Crippen molar-refractivity contribution in [3.05, 3.63) is 70.8 Å². The SMILES string of the molecule is CCOCCCNC(=O)c1ccc(CNC(=O)c2ccc(C(C)(C)C)cc2)cc1. The molecule has 0 saturated heterocycles. The number of hydrogen-bond donors (Lipinski definition) is 2. The van der Waals surface area contributed by atoms with Crippen molar-refractivity contribution in [3.8, 4) is 0 Å². The van der Waals surface area contributed by atoms with E-state index in [1.165, 1.54) is 5.56 Å². The van der Waals surface area contributed by atoms with Gasteiger partial charge in [0.1, 0.15) is 0 Å². The summed E-state index contributed by atoms with van der Waals surface area (Å²) in [7, 11) is 0. The molecule has 2 N–H and O–H groups in total. The van der Waals surface area contributed by atoms with E-state index in [1.807, 2.05) is 43.3 Å². The Morgan fingerprint density at radius 3 is 1.97 bits per heavy atom. The summed E-state index contributed by atoms with van der Waals surface area (Å²) in [4.78, 5) is 24.5. The van der Waals surface area contributed by atoms with E-state index in [2.05, 4.69) is 31.4 Å². The highest BCUT2D eigenvalue weighted by Gasteiger charge is 2.14. The van der Waals surface area contributed by atoms with Gasteiger partial charge in [0.2, 0.25) is 0 Å². The summed E-state index contributed by atoms with van der Waals surface area (Å²) >= 11 is 0. The highest BCUT2D eigenvalue weighted by Crippen LogP contribution is 2.22. The maximum absolute atomic E-state index is 12.4. The molecule has 0 bridgehead atoms. The second kappa shape index (κ2) is 10.8. The zero-order valence-electron chi connectivity index (χ0n) is 17.9. The van der Waals surface area contributed by atoms with Gasteiger partial charge in [-0.25, -0.2) is 0 Å². The first-order chi connectivity index (χ1) is 13.8. The molecule has 5 heteroatoms. The standard InChI is InChI=1S/C24H32N2O3/c1-5-29-16-6-15-25-22(27)19-9-7-18(8-10-19)17-26-23(28)20-11-13-21(14-12-20)24(2,3)4/h7-14H,5-6,15-17H2,1-4H3,(H,25,27)(H,26,28). The first-order valence-electron chi connectivity index (χ1n) is 10.1. The van der Waals surface area contributed by atoms with Crippen LogP contribution in [0.4, 0.5) is 0 Å². The van der Waals surface area contributed by atoms with Crippen LogP contribution in [0.25, 0.3) is 0 Å². The molecule has 0 heterocycles. The van der Waals surface area contributed by atoms with Crippen molar-refractivity contribution >= 4 is 11.8 Å². The van der Waals surface area contributed by atoms with E-state index < -0.39 is 0 Å². The molecule has 2 aromatic rings. The minimum absolute atomic E-state index is 0.0618. The number of hydrogen-bond acceptors (Lipinski definition) is 3. The molecule has 0 unspecified atom stereocenters. The smallest absolute Gasteiger partial charge is 0.251 e. The summed E-state index contributed by atoms with van der Waals surface area (Å²) in [5.74, 6) is -0.211. The van der Waals surface area contributed by atoms with Gasteiger partial charge in [-0.15, -0.1) is 0 Å². The molecule has 0 atom stereocenters. The molecule has 0 aliphatic rings. The van der Waals surface area contributed by atoms with Crippen LogP contribution in [0.5, 0.6) is 0 Å². The average Bonchev–Trinajstić information content (AvgIpc) is 2.71. The molecule has 0 aliphatic carbocycles. The van der Waals surface area contributed by atoms with Gasteiger partial charge < -0.3 is 15.4 Å². The molecule has 0 aliphatic heterocycles. The summed E-state index contributed by atoms with van der Waals surface area (Å²) < 4.78 is 5.25. The first-order valence-corrected chi connectivity index (χ1v) is 10.1. The van der Waals surface area contributed by atoms with Crippen LogP contribution in [-0.4, -0.2) is 31.6 Å². The molecule has 0 spiro atoms. The lowest BCUT2D eigenvalue weighted by Crippen LogP contribution is -2.25. The molecule has 0 fully saturated rings. The number of ether oxygens (including phenoxy) is 1. The lowest BCUT2D eigenvalue weighted by Gasteiger charge is -2.19. The fourth-order valence-electron chi connectivity index (χ4n) is 2.80. The number of amides is 2. The Labute approximate surface area is 173 Å². The molecule has 0 radical (unpaired) electrons. The summed E-state index contributed by atoms with van der Waals surface area (Å²) in [6.07, 6.45) is 0.792. The van der Waals surface area contributed by atoms with Crippen molar-refractivity contribution in [2.45, 2.75) is 46.1 Å². The van der Waals surface area contributed by atoms with E-state index in [9.17, 15) is 9.59 Å². The number of rotatable bonds is 9. The Hall–Kier alpha value is -2.66. The highest BCUT2D eigenvalue weighted by atomic mass is 16.5. The van der Waals surface area contributed by atoms with E-state index in [4.69, 9.17) is 4.74 Å². The van der Waals surface area contributed by atoms with Gasteiger partial charge in [0.05, 0.1) is 0 Å². The van der Waals surface area contributed by atoms with Crippen LogP contribution >= 0.6 is 0 Å². The maximum atomic E-state index is 12.4. The average molecular weight is 397 g/mol. The summed E-state index contributed by atoms with van der Waals surface area (Å²) in [6.45, 7) is 10.7. The molecule has 2 aromatic carbocycles. The zero-order valence-corrected chi connectivity index (χ0v) is 17.9. The van der Waals surface area contributed by atoms with Gasteiger partial charge in [-0.2, -0.15) is 0 Å². The number of benzene rings is 2. The van der Waals surface area contributed by atoms with E-state index in [0.717, 1.165) is 12.0 Å². The fourth-order valence-corrected chi connectivity index (χ4v) is 2.80. The third-order valence-corrected chi connectivity index (χ3v) is 4.64. The third-order valence-electron chi connectivity index (χ3n) is 4.64. The lowest BCUT2D eigenvalue weighted by molar-refractivity contribution is 0.0937. The predicted molar refractivity (Wildman–Crippen MR) is 116 cm³/mol. The molecule has 29 heavy (non-hydrogen) atoms. The van der Waals surface area contributed by atoms with E-state index in [1.54, 1.807) is 12.1 Å². The Morgan fingerprint density at radius 1 is 0.862 bits per heavy atom. The number of carbonyl (C=O) groups is 2. The Morgan fingerprint density at radius 2 is 1.41 bits per heavy atom. The van der Waals surface area contributed by atoms with Crippen LogP contribution in [0, 0.1) is 0 Å². The molecular formula is C24H32N2O3. The molecule has 156 valence electrons. The molecule has 0 saturated carbocycles. The first kappa shape index (κ1) is 22.6. The molecular weight excluding hydrogens is 364 g/mol. The topological polar surface area (TPSA) is 67.4 Å². The normalized spacial score (nSPS) is 11.2. The van der Waals surface area contributed by atoms with Crippen LogP contribution in [0.15, 0.2) is 48.5 Å². The predicted octanol–water partition coefficient (Wildman–Crippen LogP) is 4.07. The second-order valence-corrected chi connectivity index (χ2v) is 8.01. The quantitative estimate of drug-likeness (QED) is 0.628. The van der Waals surface area contributed by atoms with Crippen LogP contribution in [0.3, 0.4) is 0 Å². The number of carbonyl (C=O) groups excluding carboxylic acids is 2. The Balaban J connectivity index is 1.82. The summed E-state index contributed by atoms with van der Waals surface area (Å²) in [5.41, 5.74) is 3.44. The van der Waals surface area contributed by atoms with Gasteiger partial charge in [-0.05, 0) is 54.2 Å². The van der Waals surface area contributed by atoms with Crippen molar-refractivity contribution in [2.75, 3.05) is 19.8 Å². The number of nitrogens with one attached hydrogen (secondary N) is 2. The van der Waals surface area contributed by atoms with Crippen LogP contribution in [-0.2, 0) is 16.7 Å².